The van der Waals surface area contributed by atoms with E-state index in [2.05, 4.69) is 49.4 Å². The van der Waals surface area contributed by atoms with E-state index in [-0.39, 0.29) is 0 Å². The summed E-state index contributed by atoms with van der Waals surface area (Å²) in [4.78, 5) is 0. The minimum absolute atomic E-state index is 0.588. The van der Waals surface area contributed by atoms with Gasteiger partial charge < -0.3 is 12.2 Å². The van der Waals surface area contributed by atoms with Gasteiger partial charge in [0.2, 0.25) is 0 Å². The Bertz CT molecular complexity index is 320. The highest BCUT2D eigenvalue weighted by Gasteiger charge is 2.33. The minimum atomic E-state index is -1.29. The minimum Gasteiger partial charge on any atom is -0.550 e. The lowest BCUT2D eigenvalue weighted by Gasteiger charge is -2.32. The lowest BCUT2D eigenvalue weighted by atomic mass is 10.4. The Morgan fingerprint density at radius 1 is 1.31 bits per heavy atom. The van der Waals surface area contributed by atoms with E-state index in [9.17, 15) is 0 Å². The Balaban J connectivity index is 2.36. The van der Waals surface area contributed by atoms with Crippen LogP contribution < -0.4 is 5.30 Å². The van der Waals surface area contributed by atoms with Crippen LogP contribution >= 0.6 is 6.46 Å². The van der Waals surface area contributed by atoms with Crippen molar-refractivity contribution in [2.75, 3.05) is 6.16 Å². The van der Waals surface area contributed by atoms with Gasteiger partial charge >= 0.3 is 0 Å². The lowest BCUT2D eigenvalue weighted by Crippen LogP contribution is -2.16. The quantitative estimate of drug-likeness (QED) is 0.388. The van der Waals surface area contributed by atoms with Crippen LogP contribution in [0.5, 0.6) is 0 Å². The van der Waals surface area contributed by atoms with E-state index in [4.69, 9.17) is 12.2 Å². The average Bonchev–Trinajstić information content (AvgIpc) is 2.50. The zero-order valence-corrected chi connectivity index (χ0v) is 9.39. The third kappa shape index (κ3) is 1.56. The van der Waals surface area contributed by atoms with Crippen LogP contribution in [0.4, 0.5) is 0 Å². The summed E-state index contributed by atoms with van der Waals surface area (Å²) in [5.74, 6) is 0. The largest absolute Gasteiger partial charge is 0.550 e. The van der Waals surface area contributed by atoms with E-state index in [1.54, 1.807) is 0 Å². The molecule has 0 saturated carbocycles. The molecule has 0 bridgehead atoms. The van der Waals surface area contributed by atoms with Crippen molar-refractivity contribution < 1.29 is 0 Å². The predicted molar refractivity (Wildman–Crippen MR) is 63.8 cm³/mol. The van der Waals surface area contributed by atoms with E-state index in [0.717, 1.165) is 6.16 Å². The molecular weight excluding hydrogens is 195 g/mol. The van der Waals surface area contributed by atoms with Gasteiger partial charge in [-0.1, -0.05) is 24.7 Å². The lowest BCUT2D eigenvalue weighted by molar-refractivity contribution is 1.25. The molecule has 2 rings (SSSR count). The standard InChI is InChI=1S/C11H13PS/c1-10-6-5-9-12(10,13)11-7-3-2-4-8-11/h2-8,10H,9H2,1H3/t10-,12?/m1/s1. The van der Waals surface area contributed by atoms with Gasteiger partial charge in [-0.25, -0.2) is 0 Å². The fraction of sp³-hybridized carbons (Fsp3) is 0.273. The van der Waals surface area contributed by atoms with Crippen LogP contribution in [-0.2, 0) is 12.2 Å². The maximum Gasteiger partial charge on any atom is 0.0735 e. The zero-order chi connectivity index (χ0) is 9.31. The zero-order valence-electron chi connectivity index (χ0n) is 7.68. The molecule has 2 heteroatoms. The fourth-order valence-electron chi connectivity index (χ4n) is 1.74. The molecular formula is C11H13PS. The Labute approximate surface area is 85.5 Å². The summed E-state index contributed by atoms with van der Waals surface area (Å²) in [5.41, 5.74) is 0.588. The van der Waals surface area contributed by atoms with Gasteiger partial charge in [-0.2, -0.15) is 0 Å². The molecule has 0 aliphatic carbocycles. The first-order chi connectivity index (χ1) is 6.23. The molecule has 2 atom stereocenters. The van der Waals surface area contributed by atoms with Gasteiger partial charge in [-0.3, -0.25) is 0 Å². The molecule has 1 aromatic carbocycles. The first-order valence-electron chi connectivity index (χ1n) is 4.54. The summed E-state index contributed by atoms with van der Waals surface area (Å²) in [6.45, 7) is 0.956. The van der Waals surface area contributed by atoms with Gasteiger partial charge in [0, 0.05) is 0 Å². The van der Waals surface area contributed by atoms with Crippen LogP contribution in [-0.4, -0.2) is 11.8 Å². The van der Waals surface area contributed by atoms with Crippen LogP contribution in [0.3, 0.4) is 0 Å². The third-order valence-corrected chi connectivity index (χ3v) is 8.13. The van der Waals surface area contributed by atoms with Crippen molar-refractivity contribution in [2.45, 2.75) is 12.6 Å². The van der Waals surface area contributed by atoms with Crippen molar-refractivity contribution in [1.82, 2.24) is 0 Å². The Morgan fingerprint density at radius 2 is 2.00 bits per heavy atom. The topological polar surface area (TPSA) is 0 Å². The molecule has 1 aromatic rings. The molecule has 0 radical (unpaired) electrons. The molecule has 0 saturated heterocycles. The Hall–Kier alpha value is -0.260. The highest BCUT2D eigenvalue weighted by atomic mass is 32.7. The third-order valence-electron chi connectivity index (χ3n) is 2.64. The monoisotopic (exact) mass is 208 g/mol. The molecule has 1 aliphatic heterocycles. The summed E-state index contributed by atoms with van der Waals surface area (Å²) < 4.78 is 0. The second-order valence-electron chi connectivity index (χ2n) is 3.48. The van der Waals surface area contributed by atoms with Gasteiger partial charge in [0.25, 0.3) is 0 Å². The van der Waals surface area contributed by atoms with Gasteiger partial charge in [0.1, 0.15) is 0 Å². The molecule has 0 fully saturated rings. The van der Waals surface area contributed by atoms with E-state index >= 15 is 0 Å². The molecule has 68 valence electrons. The van der Waals surface area contributed by atoms with Gasteiger partial charge in [-0.15, -0.1) is 0 Å². The first-order valence-corrected chi connectivity index (χ1v) is 7.60. The molecule has 13 heavy (non-hydrogen) atoms. The molecule has 1 aliphatic rings. The summed E-state index contributed by atoms with van der Waals surface area (Å²) in [7, 11) is 0. The maximum absolute atomic E-state index is 5.80. The molecule has 1 unspecified atom stereocenters. The maximum atomic E-state index is 5.80. The summed E-state index contributed by atoms with van der Waals surface area (Å²) in [6, 6.07) is 10.6. The molecule has 1 heterocycles. The van der Waals surface area contributed by atoms with Crippen LogP contribution in [0.1, 0.15) is 6.92 Å². The van der Waals surface area contributed by atoms with Crippen molar-refractivity contribution in [2.24, 2.45) is 0 Å². The SMILES string of the molecule is C[C@@H]1C=CC[P+]1([S-])c1ccccc1. The van der Waals surface area contributed by atoms with E-state index in [1.807, 2.05) is 0 Å². The van der Waals surface area contributed by atoms with Crippen LogP contribution in [0.25, 0.3) is 0 Å². The number of hydrogen-bond acceptors (Lipinski definition) is 1. The van der Waals surface area contributed by atoms with Crippen molar-refractivity contribution in [3.63, 3.8) is 0 Å². The smallest absolute Gasteiger partial charge is 0.0735 e. The fourth-order valence-corrected chi connectivity index (χ4v) is 5.10. The number of benzene rings is 1. The number of hydrogen-bond donors (Lipinski definition) is 0. The van der Waals surface area contributed by atoms with Gasteiger partial charge in [0.15, 0.2) is 0 Å². The number of rotatable bonds is 1. The first kappa shape index (κ1) is 9.30. The Morgan fingerprint density at radius 3 is 2.54 bits per heavy atom. The van der Waals surface area contributed by atoms with Crippen LogP contribution in [0.2, 0.25) is 0 Å². The predicted octanol–water partition coefficient (Wildman–Crippen LogP) is 2.75. The van der Waals surface area contributed by atoms with E-state index < -0.39 is 6.46 Å². The van der Waals surface area contributed by atoms with Crippen molar-refractivity contribution >= 4 is 24.0 Å². The molecule has 0 amide bonds. The summed E-state index contributed by atoms with van der Waals surface area (Å²) in [6.07, 6.45) is 5.62. The van der Waals surface area contributed by atoms with E-state index in [0.29, 0.717) is 5.66 Å². The second-order valence-corrected chi connectivity index (χ2v) is 8.72. The Kier molecular flexibility index (Phi) is 2.49. The molecule has 0 nitrogen and oxygen atoms in total. The van der Waals surface area contributed by atoms with Gasteiger partial charge in [0.05, 0.1) is 17.1 Å². The normalized spacial score (nSPS) is 32.3. The average molecular weight is 208 g/mol. The van der Waals surface area contributed by atoms with Crippen molar-refractivity contribution in [1.29, 1.82) is 0 Å². The highest BCUT2D eigenvalue weighted by Crippen LogP contribution is 2.62. The van der Waals surface area contributed by atoms with Crippen LogP contribution in [0.15, 0.2) is 42.5 Å². The summed E-state index contributed by atoms with van der Waals surface area (Å²) >= 11 is 5.80. The summed E-state index contributed by atoms with van der Waals surface area (Å²) in [5, 5.41) is 1.39. The van der Waals surface area contributed by atoms with Crippen molar-refractivity contribution in [3.8, 4) is 0 Å². The van der Waals surface area contributed by atoms with Crippen LogP contribution in [0, 0.1) is 0 Å². The number of allylic oxidation sites excluding steroid dienone is 2. The second kappa shape index (κ2) is 3.48. The van der Waals surface area contributed by atoms with E-state index in [1.165, 1.54) is 5.30 Å². The molecule has 0 N–H and O–H groups in total. The molecule has 0 aromatic heterocycles. The highest BCUT2D eigenvalue weighted by molar-refractivity contribution is 8.45. The van der Waals surface area contributed by atoms with Gasteiger partial charge in [-0.05, 0) is 31.2 Å². The van der Waals surface area contributed by atoms with Crippen molar-refractivity contribution in [3.05, 3.63) is 42.5 Å². The molecule has 0 spiro atoms.